The van der Waals surface area contributed by atoms with Gasteiger partial charge in [-0.3, -0.25) is 0 Å². The summed E-state index contributed by atoms with van der Waals surface area (Å²) in [5, 5.41) is 3.32. The third-order valence-corrected chi connectivity index (χ3v) is 4.26. The Morgan fingerprint density at radius 3 is 2.59 bits per heavy atom. The second-order valence-corrected chi connectivity index (χ2v) is 6.12. The molecule has 96 valence electrons. The number of rotatable bonds is 3. The predicted molar refractivity (Wildman–Crippen MR) is 67.4 cm³/mol. The Bertz CT molecular complexity index is 458. The average Bonchev–Trinajstić information content (AvgIpc) is 2.70. The van der Waals surface area contributed by atoms with Crippen LogP contribution in [-0.2, 0) is 9.84 Å². The van der Waals surface area contributed by atoms with Gasteiger partial charge in [-0.15, -0.1) is 12.4 Å². The molecule has 1 aromatic rings. The first-order valence-electron chi connectivity index (χ1n) is 5.01. The van der Waals surface area contributed by atoms with Gasteiger partial charge < -0.3 is 5.32 Å². The molecule has 0 radical (unpaired) electrons. The first kappa shape index (κ1) is 14.6. The summed E-state index contributed by atoms with van der Waals surface area (Å²) in [6.07, 6.45) is 4.49. The van der Waals surface area contributed by atoms with E-state index in [0.717, 1.165) is 19.4 Å². The summed E-state index contributed by atoms with van der Waals surface area (Å²) >= 11 is 5.60. The Balaban J connectivity index is 0.00000144. The summed E-state index contributed by atoms with van der Waals surface area (Å²) in [7, 11) is -3.40. The lowest BCUT2D eigenvalue weighted by Crippen LogP contribution is -2.30. The Morgan fingerprint density at radius 2 is 2.06 bits per heavy atom. The standard InChI is InChI=1S/C9H12ClN3O2S.ClH/c10-7-4-12-9(13-5-7)16(14,15)6-8-2-1-3-11-8;/h4-5,8,11H,1-3,6H2;1H. The van der Waals surface area contributed by atoms with E-state index in [1.807, 2.05) is 0 Å². The lowest BCUT2D eigenvalue weighted by atomic mass is 10.3. The normalized spacial score (nSPS) is 19.9. The van der Waals surface area contributed by atoms with Crippen molar-refractivity contribution in [1.82, 2.24) is 15.3 Å². The highest BCUT2D eigenvalue weighted by Gasteiger charge is 2.25. The third-order valence-electron chi connectivity index (χ3n) is 2.46. The number of hydrogen-bond acceptors (Lipinski definition) is 5. The summed E-state index contributed by atoms with van der Waals surface area (Å²) in [4.78, 5) is 7.47. The maximum atomic E-state index is 11.9. The molecule has 0 aromatic carbocycles. The molecule has 1 saturated heterocycles. The Hall–Kier alpha value is -0.430. The number of nitrogens with one attached hydrogen (secondary N) is 1. The summed E-state index contributed by atoms with van der Waals surface area (Å²) in [5.74, 6) is 0.0502. The van der Waals surface area contributed by atoms with Crippen LogP contribution in [0.25, 0.3) is 0 Å². The maximum absolute atomic E-state index is 11.9. The van der Waals surface area contributed by atoms with E-state index in [2.05, 4.69) is 15.3 Å². The molecule has 1 aliphatic rings. The van der Waals surface area contributed by atoms with Crippen LogP contribution in [0.4, 0.5) is 0 Å². The summed E-state index contributed by atoms with van der Waals surface area (Å²) in [5.41, 5.74) is 0. The van der Waals surface area contributed by atoms with Crippen molar-refractivity contribution < 1.29 is 8.42 Å². The second kappa shape index (κ2) is 5.95. The lowest BCUT2D eigenvalue weighted by Gasteiger charge is -2.09. The highest BCUT2D eigenvalue weighted by molar-refractivity contribution is 7.91. The van der Waals surface area contributed by atoms with E-state index in [0.29, 0.717) is 5.02 Å². The Morgan fingerprint density at radius 1 is 1.41 bits per heavy atom. The minimum absolute atomic E-state index is 0. The number of aromatic nitrogens is 2. The summed E-state index contributed by atoms with van der Waals surface area (Å²) in [6, 6.07) is 0.0179. The van der Waals surface area contributed by atoms with E-state index in [1.54, 1.807) is 0 Å². The molecule has 1 fully saturated rings. The van der Waals surface area contributed by atoms with Gasteiger partial charge in [0.05, 0.1) is 23.2 Å². The number of halogens is 2. The summed E-state index contributed by atoms with van der Waals surface area (Å²) < 4.78 is 23.8. The van der Waals surface area contributed by atoms with E-state index in [4.69, 9.17) is 11.6 Å². The summed E-state index contributed by atoms with van der Waals surface area (Å²) in [6.45, 7) is 0.877. The van der Waals surface area contributed by atoms with Crippen LogP contribution in [0, 0.1) is 0 Å². The zero-order valence-electron chi connectivity index (χ0n) is 8.97. The number of nitrogens with zero attached hydrogens (tertiary/aromatic N) is 2. The molecule has 2 heterocycles. The molecule has 1 aliphatic heterocycles. The van der Waals surface area contributed by atoms with Crippen molar-refractivity contribution in [2.45, 2.75) is 24.0 Å². The highest BCUT2D eigenvalue weighted by atomic mass is 35.5. The molecule has 0 bridgehead atoms. The van der Waals surface area contributed by atoms with Crippen molar-refractivity contribution in [3.63, 3.8) is 0 Å². The third kappa shape index (κ3) is 3.77. The molecule has 2 rings (SSSR count). The minimum Gasteiger partial charge on any atom is -0.313 e. The van der Waals surface area contributed by atoms with Crippen LogP contribution in [0.1, 0.15) is 12.8 Å². The fourth-order valence-electron chi connectivity index (χ4n) is 1.70. The van der Waals surface area contributed by atoms with Crippen LogP contribution in [0.5, 0.6) is 0 Å². The van der Waals surface area contributed by atoms with Gasteiger partial charge >= 0.3 is 0 Å². The number of sulfone groups is 1. The highest BCUT2D eigenvalue weighted by Crippen LogP contribution is 2.13. The zero-order chi connectivity index (χ0) is 11.6. The van der Waals surface area contributed by atoms with E-state index in [-0.39, 0.29) is 29.4 Å². The van der Waals surface area contributed by atoms with Gasteiger partial charge in [0.25, 0.3) is 0 Å². The van der Waals surface area contributed by atoms with Crippen LogP contribution in [-0.4, -0.2) is 36.7 Å². The van der Waals surface area contributed by atoms with E-state index >= 15 is 0 Å². The lowest BCUT2D eigenvalue weighted by molar-refractivity contribution is 0.568. The Labute approximate surface area is 111 Å². The predicted octanol–water partition coefficient (Wildman–Crippen LogP) is 1.08. The van der Waals surface area contributed by atoms with E-state index < -0.39 is 9.84 Å². The molecular weight excluding hydrogens is 285 g/mol. The molecule has 0 amide bonds. The molecule has 17 heavy (non-hydrogen) atoms. The second-order valence-electron chi connectivity index (χ2n) is 3.76. The van der Waals surface area contributed by atoms with Crippen molar-refractivity contribution in [3.05, 3.63) is 17.4 Å². The average molecular weight is 298 g/mol. The van der Waals surface area contributed by atoms with E-state index in [9.17, 15) is 8.42 Å². The molecule has 0 aliphatic carbocycles. The smallest absolute Gasteiger partial charge is 0.247 e. The molecule has 0 saturated carbocycles. The van der Waals surface area contributed by atoms with Crippen LogP contribution in [0.3, 0.4) is 0 Å². The quantitative estimate of drug-likeness (QED) is 0.845. The molecule has 1 atom stereocenters. The first-order valence-corrected chi connectivity index (χ1v) is 7.05. The Kier molecular flexibility index (Phi) is 5.12. The zero-order valence-corrected chi connectivity index (χ0v) is 11.4. The van der Waals surface area contributed by atoms with Gasteiger partial charge in [-0.25, -0.2) is 18.4 Å². The van der Waals surface area contributed by atoms with Crippen molar-refractivity contribution >= 4 is 33.8 Å². The van der Waals surface area contributed by atoms with Gasteiger partial charge in [-0.2, -0.15) is 0 Å². The van der Waals surface area contributed by atoms with Crippen molar-refractivity contribution in [3.8, 4) is 0 Å². The van der Waals surface area contributed by atoms with Gasteiger partial charge in [0.15, 0.2) is 0 Å². The van der Waals surface area contributed by atoms with Crippen LogP contribution >= 0.6 is 24.0 Å². The fraction of sp³-hybridized carbons (Fsp3) is 0.556. The van der Waals surface area contributed by atoms with Crippen LogP contribution < -0.4 is 5.32 Å². The molecule has 5 nitrogen and oxygen atoms in total. The molecule has 1 unspecified atom stereocenters. The fourth-order valence-corrected chi connectivity index (χ4v) is 3.19. The molecule has 1 N–H and O–H groups in total. The molecular formula is C9H13Cl2N3O2S. The van der Waals surface area contributed by atoms with Crippen molar-refractivity contribution in [1.29, 1.82) is 0 Å². The van der Waals surface area contributed by atoms with E-state index in [1.165, 1.54) is 12.4 Å². The number of hydrogen-bond donors (Lipinski definition) is 1. The van der Waals surface area contributed by atoms with Crippen LogP contribution in [0.15, 0.2) is 17.6 Å². The van der Waals surface area contributed by atoms with Gasteiger partial charge in [0, 0.05) is 6.04 Å². The first-order chi connectivity index (χ1) is 7.58. The molecule has 1 aromatic heterocycles. The molecule has 8 heteroatoms. The monoisotopic (exact) mass is 297 g/mol. The van der Waals surface area contributed by atoms with Crippen molar-refractivity contribution in [2.24, 2.45) is 0 Å². The van der Waals surface area contributed by atoms with Gasteiger partial charge in [-0.1, -0.05) is 11.6 Å². The molecule has 0 spiro atoms. The minimum atomic E-state index is -3.40. The van der Waals surface area contributed by atoms with Crippen molar-refractivity contribution in [2.75, 3.05) is 12.3 Å². The van der Waals surface area contributed by atoms with Gasteiger partial charge in [-0.05, 0) is 19.4 Å². The largest absolute Gasteiger partial charge is 0.313 e. The maximum Gasteiger partial charge on any atom is 0.247 e. The van der Waals surface area contributed by atoms with Gasteiger partial charge in [0.1, 0.15) is 0 Å². The SMILES string of the molecule is Cl.O=S(=O)(CC1CCCN1)c1ncc(Cl)cn1. The topological polar surface area (TPSA) is 72.0 Å². The van der Waals surface area contributed by atoms with Gasteiger partial charge in [0.2, 0.25) is 15.0 Å². The van der Waals surface area contributed by atoms with Crippen LogP contribution in [0.2, 0.25) is 5.02 Å².